The smallest absolute Gasteiger partial charge is 0.279 e. The molecule has 0 saturated heterocycles. The molecule has 7 nitrogen and oxygen atoms in total. The van der Waals surface area contributed by atoms with Crippen LogP contribution < -0.4 is 5.32 Å². The Morgan fingerprint density at radius 1 is 1.07 bits per heavy atom. The Labute approximate surface area is 174 Å². The van der Waals surface area contributed by atoms with Crippen molar-refractivity contribution in [3.63, 3.8) is 0 Å². The van der Waals surface area contributed by atoms with E-state index >= 15 is 0 Å². The van der Waals surface area contributed by atoms with Crippen LogP contribution in [0.1, 0.15) is 16.2 Å². The van der Waals surface area contributed by atoms with Crippen LogP contribution in [0, 0.1) is 12.7 Å². The monoisotopic (exact) mass is 418 g/mol. The summed E-state index contributed by atoms with van der Waals surface area (Å²) in [7, 11) is 0. The summed E-state index contributed by atoms with van der Waals surface area (Å²) < 4.78 is 15.1. The van der Waals surface area contributed by atoms with Crippen molar-refractivity contribution in [2.45, 2.75) is 6.92 Å². The Kier molecular flexibility index (Phi) is 4.36. The van der Waals surface area contributed by atoms with Gasteiger partial charge in [-0.15, -0.1) is 16.4 Å². The first-order valence-corrected chi connectivity index (χ1v) is 10.0. The molecule has 0 fully saturated rings. The SMILES string of the molecule is Cc1nn(-c2ccccc2)nc1C(=O)Nc1c(-c2ccc(F)cc2)nc2sccn12. The number of nitrogens with zero attached hydrogens (tertiary/aromatic N) is 5. The van der Waals surface area contributed by atoms with Crippen molar-refractivity contribution in [3.8, 4) is 16.9 Å². The maximum atomic E-state index is 13.4. The molecule has 0 aliphatic rings. The third-order valence-electron chi connectivity index (χ3n) is 4.60. The zero-order valence-electron chi connectivity index (χ0n) is 15.8. The highest BCUT2D eigenvalue weighted by Crippen LogP contribution is 2.31. The molecule has 1 N–H and O–H groups in total. The number of nitrogens with one attached hydrogen (secondary N) is 1. The molecule has 9 heteroatoms. The van der Waals surface area contributed by atoms with Crippen molar-refractivity contribution in [2.24, 2.45) is 0 Å². The normalized spacial score (nSPS) is 11.1. The zero-order chi connectivity index (χ0) is 20.7. The minimum atomic E-state index is -0.397. The number of benzene rings is 2. The van der Waals surface area contributed by atoms with Crippen molar-refractivity contribution < 1.29 is 9.18 Å². The molecule has 3 aromatic heterocycles. The van der Waals surface area contributed by atoms with E-state index in [1.165, 1.54) is 28.3 Å². The summed E-state index contributed by atoms with van der Waals surface area (Å²) in [5, 5.41) is 13.5. The van der Waals surface area contributed by atoms with E-state index in [1.54, 1.807) is 23.5 Å². The summed E-state index contributed by atoms with van der Waals surface area (Å²) in [4.78, 5) is 19.8. The predicted octanol–water partition coefficient (Wildman–Crippen LogP) is 4.34. The van der Waals surface area contributed by atoms with Gasteiger partial charge < -0.3 is 5.32 Å². The summed E-state index contributed by atoms with van der Waals surface area (Å²) in [6.45, 7) is 1.73. The predicted molar refractivity (Wildman–Crippen MR) is 113 cm³/mol. The first-order chi connectivity index (χ1) is 14.6. The number of fused-ring (bicyclic) bond motifs is 1. The van der Waals surface area contributed by atoms with E-state index in [0.29, 0.717) is 27.7 Å². The Morgan fingerprint density at radius 2 is 1.83 bits per heavy atom. The number of imidazole rings is 1. The number of rotatable bonds is 4. The van der Waals surface area contributed by atoms with Crippen LogP contribution in [-0.2, 0) is 0 Å². The molecule has 2 aromatic carbocycles. The minimum absolute atomic E-state index is 0.217. The molecule has 5 rings (SSSR count). The van der Waals surface area contributed by atoms with Gasteiger partial charge in [0.05, 0.1) is 11.4 Å². The van der Waals surface area contributed by atoms with Gasteiger partial charge in [0, 0.05) is 17.1 Å². The van der Waals surface area contributed by atoms with Gasteiger partial charge in [0.2, 0.25) is 0 Å². The third-order valence-corrected chi connectivity index (χ3v) is 5.35. The summed E-state index contributed by atoms with van der Waals surface area (Å²) >= 11 is 1.44. The average molecular weight is 418 g/mol. The second-order valence-corrected chi connectivity index (χ2v) is 7.46. The number of halogens is 1. The fourth-order valence-electron chi connectivity index (χ4n) is 3.15. The van der Waals surface area contributed by atoms with Gasteiger partial charge in [-0.25, -0.2) is 9.37 Å². The average Bonchev–Trinajstić information content (AvgIpc) is 3.45. The molecule has 0 bridgehead atoms. The summed E-state index contributed by atoms with van der Waals surface area (Å²) in [5.74, 6) is -0.235. The highest BCUT2D eigenvalue weighted by atomic mass is 32.1. The number of hydrogen-bond acceptors (Lipinski definition) is 5. The van der Waals surface area contributed by atoms with E-state index in [-0.39, 0.29) is 11.5 Å². The Balaban J connectivity index is 1.52. The Hall–Kier alpha value is -3.85. The lowest BCUT2D eigenvalue weighted by Gasteiger charge is -2.06. The van der Waals surface area contributed by atoms with Crippen LogP contribution in [-0.4, -0.2) is 30.3 Å². The van der Waals surface area contributed by atoms with E-state index in [4.69, 9.17) is 0 Å². The summed E-state index contributed by atoms with van der Waals surface area (Å²) in [6.07, 6.45) is 1.82. The number of aryl methyl sites for hydroxylation is 1. The lowest BCUT2D eigenvalue weighted by molar-refractivity contribution is 0.102. The Bertz CT molecular complexity index is 1350. The molecule has 1 amide bonds. The van der Waals surface area contributed by atoms with E-state index < -0.39 is 5.91 Å². The molecule has 0 atom stereocenters. The number of anilines is 1. The van der Waals surface area contributed by atoms with Gasteiger partial charge in [-0.1, -0.05) is 18.2 Å². The van der Waals surface area contributed by atoms with Gasteiger partial charge in [0.25, 0.3) is 5.91 Å². The molecule has 3 heterocycles. The maximum Gasteiger partial charge on any atom is 0.279 e. The number of carbonyl (C=O) groups excluding carboxylic acids is 1. The summed E-state index contributed by atoms with van der Waals surface area (Å²) in [6, 6.07) is 15.4. The highest BCUT2D eigenvalue weighted by molar-refractivity contribution is 7.15. The number of aromatic nitrogens is 5. The molecule has 30 heavy (non-hydrogen) atoms. The van der Waals surface area contributed by atoms with Crippen molar-refractivity contribution in [1.82, 2.24) is 24.4 Å². The standard InChI is InChI=1S/C21H15FN6OS/c1-13-17(26-28(25-13)16-5-3-2-4-6-16)20(29)24-19-18(14-7-9-15(22)10-8-14)23-21-27(19)11-12-30-21/h2-12H,1H3,(H,24,29). The molecular weight excluding hydrogens is 403 g/mol. The van der Waals surface area contributed by atoms with Crippen molar-refractivity contribution >= 4 is 28.0 Å². The minimum Gasteiger partial charge on any atom is -0.304 e. The van der Waals surface area contributed by atoms with E-state index in [9.17, 15) is 9.18 Å². The van der Waals surface area contributed by atoms with Gasteiger partial charge in [-0.3, -0.25) is 9.20 Å². The van der Waals surface area contributed by atoms with E-state index in [1.807, 2.05) is 41.9 Å². The molecule has 148 valence electrons. The van der Waals surface area contributed by atoms with Crippen molar-refractivity contribution in [3.05, 3.63) is 83.4 Å². The first kappa shape index (κ1) is 18.2. The van der Waals surface area contributed by atoms with Crippen LogP contribution in [0.25, 0.3) is 21.9 Å². The highest BCUT2D eigenvalue weighted by Gasteiger charge is 2.22. The molecule has 0 spiro atoms. The second kappa shape index (κ2) is 7.20. The van der Waals surface area contributed by atoms with Crippen LogP contribution in [0.5, 0.6) is 0 Å². The first-order valence-electron chi connectivity index (χ1n) is 9.12. The topological polar surface area (TPSA) is 77.1 Å². The van der Waals surface area contributed by atoms with Gasteiger partial charge in [-0.05, 0) is 43.3 Å². The van der Waals surface area contributed by atoms with Gasteiger partial charge in [0.15, 0.2) is 10.7 Å². The summed E-state index contributed by atoms with van der Waals surface area (Å²) in [5.41, 5.74) is 2.74. The maximum absolute atomic E-state index is 13.4. The fourth-order valence-corrected chi connectivity index (χ4v) is 3.86. The van der Waals surface area contributed by atoms with Crippen LogP contribution in [0.2, 0.25) is 0 Å². The molecular formula is C21H15FN6OS. The quantitative estimate of drug-likeness (QED) is 0.471. The number of thiazole rings is 1. The van der Waals surface area contributed by atoms with E-state index in [2.05, 4.69) is 20.5 Å². The zero-order valence-corrected chi connectivity index (χ0v) is 16.6. The molecule has 0 aliphatic carbocycles. The lowest BCUT2D eigenvalue weighted by atomic mass is 10.1. The second-order valence-electron chi connectivity index (χ2n) is 6.58. The van der Waals surface area contributed by atoms with Crippen LogP contribution >= 0.6 is 11.3 Å². The molecule has 0 saturated carbocycles. The van der Waals surface area contributed by atoms with Crippen LogP contribution in [0.4, 0.5) is 10.2 Å². The molecule has 0 radical (unpaired) electrons. The van der Waals surface area contributed by atoms with Gasteiger partial charge in [-0.2, -0.15) is 9.90 Å². The number of hydrogen-bond donors (Lipinski definition) is 1. The van der Waals surface area contributed by atoms with Crippen molar-refractivity contribution in [1.29, 1.82) is 0 Å². The number of para-hydroxylation sites is 1. The number of amides is 1. The largest absolute Gasteiger partial charge is 0.304 e. The van der Waals surface area contributed by atoms with Crippen LogP contribution in [0.3, 0.4) is 0 Å². The Morgan fingerprint density at radius 3 is 2.60 bits per heavy atom. The van der Waals surface area contributed by atoms with E-state index in [0.717, 1.165) is 5.69 Å². The molecule has 0 aliphatic heterocycles. The van der Waals surface area contributed by atoms with Gasteiger partial charge in [0.1, 0.15) is 17.3 Å². The van der Waals surface area contributed by atoms with Crippen LogP contribution in [0.15, 0.2) is 66.2 Å². The van der Waals surface area contributed by atoms with Crippen molar-refractivity contribution in [2.75, 3.05) is 5.32 Å². The van der Waals surface area contributed by atoms with Gasteiger partial charge >= 0.3 is 0 Å². The third kappa shape index (κ3) is 3.15. The molecule has 5 aromatic rings. The lowest BCUT2D eigenvalue weighted by Crippen LogP contribution is -2.16. The number of carbonyl (C=O) groups is 1. The molecule has 0 unspecified atom stereocenters. The fraction of sp³-hybridized carbons (Fsp3) is 0.0476.